The Morgan fingerprint density at radius 2 is 1.81 bits per heavy atom. The molecule has 1 aliphatic heterocycles. The van der Waals surface area contributed by atoms with Crippen LogP contribution in [0.1, 0.15) is 25.5 Å². The van der Waals surface area contributed by atoms with Crippen LogP contribution in [0.4, 0.5) is 16.3 Å². The van der Waals surface area contributed by atoms with E-state index in [0.717, 1.165) is 5.56 Å². The van der Waals surface area contributed by atoms with E-state index in [1.807, 2.05) is 30.5 Å². The van der Waals surface area contributed by atoms with E-state index in [4.69, 9.17) is 0 Å². The second kappa shape index (κ2) is 7.77. The van der Waals surface area contributed by atoms with Crippen molar-refractivity contribution in [2.45, 2.75) is 31.7 Å². The third-order valence-corrected chi connectivity index (χ3v) is 6.38. The van der Waals surface area contributed by atoms with E-state index in [1.54, 1.807) is 41.2 Å². The van der Waals surface area contributed by atoms with Crippen LogP contribution in [-0.4, -0.2) is 53.5 Å². The zero-order chi connectivity index (χ0) is 22.3. The van der Waals surface area contributed by atoms with Crippen molar-refractivity contribution in [3.8, 4) is 11.5 Å². The average Bonchev–Trinajstić information content (AvgIpc) is 3.35. The van der Waals surface area contributed by atoms with Gasteiger partial charge in [0.1, 0.15) is 17.8 Å². The lowest BCUT2D eigenvalue weighted by atomic mass is 10.2. The number of amides is 2. The summed E-state index contributed by atoms with van der Waals surface area (Å²) < 4.78 is 25.5. The van der Waals surface area contributed by atoms with E-state index in [1.165, 1.54) is 12.3 Å². The molecule has 2 aromatic heterocycles. The first-order valence-corrected chi connectivity index (χ1v) is 11.8. The second-order valence-electron chi connectivity index (χ2n) is 7.84. The Morgan fingerprint density at radius 1 is 1.06 bits per heavy atom. The molecule has 1 aliphatic rings. The number of anilines is 2. The van der Waals surface area contributed by atoms with Crippen LogP contribution in [0.15, 0.2) is 47.6 Å². The van der Waals surface area contributed by atoms with Crippen LogP contribution in [0.3, 0.4) is 0 Å². The fraction of sp³-hybridized carbons (Fsp3) is 0.333. The maximum atomic E-state index is 13.2. The highest BCUT2D eigenvalue weighted by Gasteiger charge is 2.32. The van der Waals surface area contributed by atoms with Crippen molar-refractivity contribution in [3.05, 3.63) is 48.3 Å². The van der Waals surface area contributed by atoms with E-state index in [0.29, 0.717) is 36.1 Å². The number of sulfone groups is 1. The number of nitrogens with zero attached hydrogens (tertiary/aromatic N) is 6. The molecule has 0 atom stereocenters. The standard InChI is InChI=1S/C21H24N6O3S/c1-14(2)27-13-22-24-20(27)17-6-5-7-19(23-17)26-11-10-25(21(26)28)18-9-8-16(12-15(18)3)31(4,29)30/h5-9,12-14H,10-11H2,1-4H3. The molecule has 2 amide bonds. The quantitative estimate of drug-likeness (QED) is 0.604. The van der Waals surface area contributed by atoms with Gasteiger partial charge in [0.05, 0.1) is 4.90 Å². The molecule has 1 aromatic carbocycles. The molecule has 0 spiro atoms. The second-order valence-corrected chi connectivity index (χ2v) is 9.86. The van der Waals surface area contributed by atoms with Crippen molar-refractivity contribution in [3.63, 3.8) is 0 Å². The minimum absolute atomic E-state index is 0.178. The largest absolute Gasteiger partial charge is 0.330 e. The van der Waals surface area contributed by atoms with Gasteiger partial charge in [0.2, 0.25) is 0 Å². The number of carbonyl (C=O) groups is 1. The van der Waals surface area contributed by atoms with Crippen LogP contribution in [0.25, 0.3) is 11.5 Å². The minimum Gasteiger partial charge on any atom is -0.310 e. The van der Waals surface area contributed by atoms with Gasteiger partial charge in [0.25, 0.3) is 0 Å². The summed E-state index contributed by atoms with van der Waals surface area (Å²) in [6.07, 6.45) is 2.84. The van der Waals surface area contributed by atoms with Gasteiger partial charge < -0.3 is 4.57 Å². The normalized spacial score (nSPS) is 14.7. The first-order valence-electron chi connectivity index (χ1n) is 9.93. The van der Waals surface area contributed by atoms with Crippen molar-refractivity contribution in [1.82, 2.24) is 19.7 Å². The Kier molecular flexibility index (Phi) is 5.26. The molecule has 9 nitrogen and oxygen atoms in total. The summed E-state index contributed by atoms with van der Waals surface area (Å²) in [6.45, 7) is 6.83. The van der Waals surface area contributed by atoms with E-state index in [-0.39, 0.29) is 17.0 Å². The Bertz CT molecular complexity index is 1250. The number of aryl methyl sites for hydroxylation is 1. The van der Waals surface area contributed by atoms with Gasteiger partial charge in [0, 0.05) is 31.1 Å². The van der Waals surface area contributed by atoms with Crippen molar-refractivity contribution >= 4 is 27.4 Å². The van der Waals surface area contributed by atoms with Crippen molar-refractivity contribution in [2.75, 3.05) is 29.1 Å². The SMILES string of the molecule is Cc1cc(S(C)(=O)=O)ccc1N1CCN(c2cccc(-c3nncn3C(C)C)n2)C1=O. The van der Waals surface area contributed by atoms with Gasteiger partial charge in [-0.25, -0.2) is 18.2 Å². The Balaban J connectivity index is 1.63. The summed E-state index contributed by atoms with van der Waals surface area (Å²) in [4.78, 5) is 21.3. The van der Waals surface area contributed by atoms with Crippen molar-refractivity contribution < 1.29 is 13.2 Å². The molecule has 0 aliphatic carbocycles. The van der Waals surface area contributed by atoms with Gasteiger partial charge in [0.15, 0.2) is 15.7 Å². The molecule has 0 saturated carbocycles. The lowest BCUT2D eigenvalue weighted by molar-refractivity contribution is 0.255. The van der Waals surface area contributed by atoms with E-state index < -0.39 is 9.84 Å². The maximum absolute atomic E-state index is 13.2. The molecule has 31 heavy (non-hydrogen) atoms. The molecule has 0 radical (unpaired) electrons. The van der Waals surface area contributed by atoms with Crippen molar-refractivity contribution in [2.24, 2.45) is 0 Å². The summed E-state index contributed by atoms with van der Waals surface area (Å²) in [5.74, 6) is 1.18. The molecule has 3 heterocycles. The molecule has 0 N–H and O–H groups in total. The molecule has 4 rings (SSSR count). The summed E-state index contributed by atoms with van der Waals surface area (Å²) in [5.41, 5.74) is 2.06. The van der Waals surface area contributed by atoms with Gasteiger partial charge in [-0.05, 0) is 56.7 Å². The first-order chi connectivity index (χ1) is 14.7. The Hall–Kier alpha value is -3.27. The van der Waals surface area contributed by atoms with E-state index in [9.17, 15) is 13.2 Å². The van der Waals surface area contributed by atoms with Gasteiger partial charge in [-0.2, -0.15) is 0 Å². The molecule has 10 heteroatoms. The zero-order valence-corrected chi connectivity index (χ0v) is 18.7. The summed E-state index contributed by atoms with van der Waals surface area (Å²) in [7, 11) is -3.31. The fourth-order valence-electron chi connectivity index (χ4n) is 3.64. The number of rotatable bonds is 5. The Labute approximate surface area is 181 Å². The Morgan fingerprint density at radius 3 is 2.48 bits per heavy atom. The van der Waals surface area contributed by atoms with Gasteiger partial charge in [-0.15, -0.1) is 10.2 Å². The van der Waals surface area contributed by atoms with Crippen molar-refractivity contribution in [1.29, 1.82) is 0 Å². The number of aromatic nitrogens is 4. The molecule has 162 valence electrons. The number of benzene rings is 1. The van der Waals surface area contributed by atoms with Crippen LogP contribution in [0.2, 0.25) is 0 Å². The summed E-state index contributed by atoms with van der Waals surface area (Å²) in [6, 6.07) is 10.3. The van der Waals surface area contributed by atoms with Crippen LogP contribution in [0, 0.1) is 6.92 Å². The average molecular weight is 441 g/mol. The summed E-state index contributed by atoms with van der Waals surface area (Å²) >= 11 is 0. The number of hydrogen-bond donors (Lipinski definition) is 0. The molecule has 0 unspecified atom stereocenters. The first kappa shape index (κ1) is 21.0. The molecule has 1 fully saturated rings. The predicted molar refractivity (Wildman–Crippen MR) is 118 cm³/mol. The van der Waals surface area contributed by atoms with Gasteiger partial charge in [-0.1, -0.05) is 6.07 Å². The highest BCUT2D eigenvalue weighted by Crippen LogP contribution is 2.29. The van der Waals surface area contributed by atoms with Crippen LogP contribution >= 0.6 is 0 Å². The lowest BCUT2D eigenvalue weighted by Gasteiger charge is -2.20. The van der Waals surface area contributed by atoms with Crippen LogP contribution in [-0.2, 0) is 9.84 Å². The zero-order valence-electron chi connectivity index (χ0n) is 17.8. The molecule has 1 saturated heterocycles. The third-order valence-electron chi connectivity index (χ3n) is 5.27. The van der Waals surface area contributed by atoms with Crippen LogP contribution in [0.5, 0.6) is 0 Å². The maximum Gasteiger partial charge on any atom is 0.330 e. The highest BCUT2D eigenvalue weighted by atomic mass is 32.2. The molecular weight excluding hydrogens is 416 g/mol. The molecule has 3 aromatic rings. The lowest BCUT2D eigenvalue weighted by Crippen LogP contribution is -2.32. The number of pyridine rings is 1. The highest BCUT2D eigenvalue weighted by molar-refractivity contribution is 7.90. The minimum atomic E-state index is -3.31. The van der Waals surface area contributed by atoms with Gasteiger partial charge >= 0.3 is 6.03 Å². The molecular formula is C21H24N6O3S. The number of carbonyl (C=O) groups excluding carboxylic acids is 1. The number of urea groups is 1. The topological polar surface area (TPSA) is 101 Å². The predicted octanol–water partition coefficient (Wildman–Crippen LogP) is 3.08. The van der Waals surface area contributed by atoms with Gasteiger partial charge in [-0.3, -0.25) is 9.80 Å². The smallest absolute Gasteiger partial charge is 0.310 e. The number of hydrogen-bond acceptors (Lipinski definition) is 6. The van der Waals surface area contributed by atoms with E-state index >= 15 is 0 Å². The fourth-order valence-corrected chi connectivity index (χ4v) is 4.34. The molecule has 0 bridgehead atoms. The van der Waals surface area contributed by atoms with E-state index in [2.05, 4.69) is 15.2 Å². The summed E-state index contributed by atoms with van der Waals surface area (Å²) in [5, 5.41) is 8.17. The third kappa shape index (κ3) is 3.90. The monoisotopic (exact) mass is 440 g/mol. The van der Waals surface area contributed by atoms with Crippen LogP contribution < -0.4 is 9.80 Å².